The van der Waals surface area contributed by atoms with Gasteiger partial charge in [-0.1, -0.05) is 12.1 Å². The summed E-state index contributed by atoms with van der Waals surface area (Å²) in [6.07, 6.45) is 4.43. The van der Waals surface area contributed by atoms with Crippen LogP contribution in [-0.4, -0.2) is 33.5 Å². The smallest absolute Gasteiger partial charge is 0.178 e. The zero-order valence-corrected chi connectivity index (χ0v) is 13.8. The number of nitrogens with one attached hydrogen (secondary N) is 1. The van der Waals surface area contributed by atoms with E-state index in [2.05, 4.69) is 32.7 Å². The van der Waals surface area contributed by atoms with Crippen LogP contribution < -0.4 is 10.1 Å². The first-order valence-corrected chi connectivity index (χ1v) is 8.42. The second kappa shape index (κ2) is 6.47. The van der Waals surface area contributed by atoms with Gasteiger partial charge < -0.3 is 10.1 Å². The number of rotatable bonds is 7. The van der Waals surface area contributed by atoms with Crippen LogP contribution in [0.3, 0.4) is 0 Å². The van der Waals surface area contributed by atoms with Gasteiger partial charge in [-0.3, -0.25) is 0 Å². The van der Waals surface area contributed by atoms with Gasteiger partial charge in [0.15, 0.2) is 11.5 Å². The Morgan fingerprint density at radius 1 is 1.21 bits per heavy atom. The highest BCUT2D eigenvalue weighted by molar-refractivity contribution is 5.44. The number of aromatic nitrogens is 4. The van der Waals surface area contributed by atoms with Crippen LogP contribution >= 0.6 is 0 Å². The van der Waals surface area contributed by atoms with E-state index in [0.717, 1.165) is 42.4 Å². The lowest BCUT2D eigenvalue weighted by Gasteiger charge is -2.07. The van der Waals surface area contributed by atoms with Gasteiger partial charge in [-0.25, -0.2) is 0 Å². The molecule has 1 aliphatic carbocycles. The summed E-state index contributed by atoms with van der Waals surface area (Å²) < 4.78 is 7.14. The van der Waals surface area contributed by atoms with Crippen LogP contribution in [0.15, 0.2) is 36.4 Å². The zero-order chi connectivity index (χ0) is 16.4. The molecule has 1 saturated carbocycles. The number of ether oxygens (including phenoxy) is 1. The normalized spacial score (nSPS) is 14.0. The molecule has 2 aromatic heterocycles. The molecule has 0 bridgehead atoms. The van der Waals surface area contributed by atoms with E-state index < -0.39 is 0 Å². The van der Waals surface area contributed by atoms with Gasteiger partial charge in [0.25, 0.3) is 0 Å². The fourth-order valence-electron chi connectivity index (χ4n) is 2.83. The van der Waals surface area contributed by atoms with Crippen LogP contribution in [0, 0.1) is 0 Å². The molecule has 0 aliphatic heterocycles. The van der Waals surface area contributed by atoms with Crippen LogP contribution in [0.5, 0.6) is 5.75 Å². The summed E-state index contributed by atoms with van der Waals surface area (Å²) in [6, 6.07) is 12.2. The minimum atomic E-state index is 0.538. The van der Waals surface area contributed by atoms with Gasteiger partial charge >= 0.3 is 0 Å². The topological polar surface area (TPSA) is 64.3 Å². The van der Waals surface area contributed by atoms with Crippen molar-refractivity contribution in [3.63, 3.8) is 0 Å². The van der Waals surface area contributed by atoms with Crippen molar-refractivity contribution in [2.45, 2.75) is 31.6 Å². The predicted octanol–water partition coefficient (Wildman–Crippen LogP) is 3.06. The van der Waals surface area contributed by atoms with Crippen LogP contribution in [-0.2, 0) is 6.42 Å². The molecule has 0 radical (unpaired) electrons. The molecule has 0 saturated heterocycles. The van der Waals surface area contributed by atoms with Crippen molar-refractivity contribution >= 4 is 11.5 Å². The number of methoxy groups -OCH3 is 1. The minimum Gasteiger partial charge on any atom is -0.497 e. The average Bonchev–Trinajstić information content (AvgIpc) is 3.38. The summed E-state index contributed by atoms with van der Waals surface area (Å²) in [5.41, 5.74) is 2.10. The van der Waals surface area contributed by atoms with Gasteiger partial charge in [-0.2, -0.15) is 4.52 Å². The summed E-state index contributed by atoms with van der Waals surface area (Å²) in [5.74, 6) is 3.31. The standard InChI is InChI=1S/C18H21N5O/c1-24-15-6-2-4-13(12-15)5-3-11-19-16-9-10-17-20-21-18(14-7-8-14)23(17)22-16/h2,4,6,9-10,12,14H,3,5,7-8,11H2,1H3,(H,19,22). The molecule has 24 heavy (non-hydrogen) atoms. The van der Waals surface area contributed by atoms with Crippen molar-refractivity contribution < 1.29 is 4.74 Å². The van der Waals surface area contributed by atoms with Crippen molar-refractivity contribution in [2.24, 2.45) is 0 Å². The van der Waals surface area contributed by atoms with Crippen LogP contribution in [0.1, 0.15) is 36.6 Å². The summed E-state index contributed by atoms with van der Waals surface area (Å²) in [6.45, 7) is 0.872. The minimum absolute atomic E-state index is 0.538. The van der Waals surface area contributed by atoms with Gasteiger partial charge in [-0.15, -0.1) is 15.3 Å². The molecule has 0 spiro atoms. The SMILES string of the molecule is COc1cccc(CCCNc2ccc3nnc(C4CC4)n3n2)c1. The van der Waals surface area contributed by atoms with Crippen molar-refractivity contribution in [3.05, 3.63) is 47.8 Å². The van der Waals surface area contributed by atoms with Crippen molar-refractivity contribution in [1.29, 1.82) is 0 Å². The van der Waals surface area contributed by atoms with E-state index in [4.69, 9.17) is 4.74 Å². The molecule has 6 nitrogen and oxygen atoms in total. The molecule has 1 aliphatic rings. The number of anilines is 1. The van der Waals surface area contributed by atoms with E-state index in [1.54, 1.807) is 7.11 Å². The van der Waals surface area contributed by atoms with Gasteiger partial charge in [-0.05, 0) is 55.5 Å². The molecule has 0 unspecified atom stereocenters. The van der Waals surface area contributed by atoms with Crippen LogP contribution in [0.2, 0.25) is 0 Å². The first-order chi connectivity index (χ1) is 11.8. The highest BCUT2D eigenvalue weighted by Crippen LogP contribution is 2.38. The molecule has 0 amide bonds. The number of benzene rings is 1. The summed E-state index contributed by atoms with van der Waals surface area (Å²) in [5, 5.41) is 16.5. The lowest BCUT2D eigenvalue weighted by Crippen LogP contribution is -2.07. The first-order valence-electron chi connectivity index (χ1n) is 8.42. The van der Waals surface area contributed by atoms with Crippen molar-refractivity contribution in [3.8, 4) is 5.75 Å². The molecular weight excluding hydrogens is 302 g/mol. The summed E-state index contributed by atoms with van der Waals surface area (Å²) >= 11 is 0. The second-order valence-electron chi connectivity index (χ2n) is 6.20. The predicted molar refractivity (Wildman–Crippen MR) is 92.6 cm³/mol. The van der Waals surface area contributed by atoms with E-state index in [1.165, 1.54) is 18.4 Å². The molecule has 2 heterocycles. The van der Waals surface area contributed by atoms with E-state index in [9.17, 15) is 0 Å². The maximum Gasteiger partial charge on any atom is 0.178 e. The zero-order valence-electron chi connectivity index (χ0n) is 13.8. The Hall–Kier alpha value is -2.63. The second-order valence-corrected chi connectivity index (χ2v) is 6.20. The maximum atomic E-state index is 5.26. The summed E-state index contributed by atoms with van der Waals surface area (Å²) in [4.78, 5) is 0. The maximum absolute atomic E-state index is 5.26. The number of hydrogen-bond donors (Lipinski definition) is 1. The van der Waals surface area contributed by atoms with E-state index in [1.807, 2.05) is 28.8 Å². The number of nitrogens with zero attached hydrogens (tertiary/aromatic N) is 4. The third-order valence-electron chi connectivity index (χ3n) is 4.31. The molecule has 1 N–H and O–H groups in total. The van der Waals surface area contributed by atoms with Crippen molar-refractivity contribution in [2.75, 3.05) is 19.0 Å². The Bertz CT molecular complexity index is 840. The number of hydrogen-bond acceptors (Lipinski definition) is 5. The Kier molecular flexibility index (Phi) is 4.02. The average molecular weight is 323 g/mol. The first kappa shape index (κ1) is 14.9. The lowest BCUT2D eigenvalue weighted by atomic mass is 10.1. The highest BCUT2D eigenvalue weighted by Gasteiger charge is 2.29. The van der Waals surface area contributed by atoms with Gasteiger partial charge in [0.2, 0.25) is 0 Å². The Labute approximate surface area is 140 Å². The van der Waals surface area contributed by atoms with Crippen LogP contribution in [0.4, 0.5) is 5.82 Å². The van der Waals surface area contributed by atoms with E-state index >= 15 is 0 Å². The molecule has 1 fully saturated rings. The fraction of sp³-hybridized carbons (Fsp3) is 0.389. The number of fused-ring (bicyclic) bond motifs is 1. The monoisotopic (exact) mass is 323 g/mol. The third-order valence-corrected chi connectivity index (χ3v) is 4.31. The molecule has 124 valence electrons. The van der Waals surface area contributed by atoms with Crippen LogP contribution in [0.25, 0.3) is 5.65 Å². The fourth-order valence-corrected chi connectivity index (χ4v) is 2.83. The number of aryl methyl sites for hydroxylation is 1. The Balaban J connectivity index is 1.35. The van der Waals surface area contributed by atoms with Gasteiger partial charge in [0.05, 0.1) is 7.11 Å². The molecule has 0 atom stereocenters. The Morgan fingerprint density at radius 2 is 2.12 bits per heavy atom. The molecule has 6 heteroatoms. The van der Waals surface area contributed by atoms with Gasteiger partial charge in [0, 0.05) is 12.5 Å². The molecule has 4 rings (SSSR count). The van der Waals surface area contributed by atoms with Crippen molar-refractivity contribution in [1.82, 2.24) is 19.8 Å². The van der Waals surface area contributed by atoms with E-state index in [-0.39, 0.29) is 0 Å². The molecule has 3 aromatic rings. The van der Waals surface area contributed by atoms with Gasteiger partial charge in [0.1, 0.15) is 11.6 Å². The van der Waals surface area contributed by atoms with E-state index in [0.29, 0.717) is 5.92 Å². The lowest BCUT2D eigenvalue weighted by molar-refractivity contribution is 0.414. The largest absolute Gasteiger partial charge is 0.497 e. The third kappa shape index (κ3) is 3.18. The molecular formula is C18H21N5O. The quantitative estimate of drug-likeness (QED) is 0.677. The molecule has 1 aromatic carbocycles. The summed E-state index contributed by atoms with van der Waals surface area (Å²) in [7, 11) is 1.70. The highest BCUT2D eigenvalue weighted by atomic mass is 16.5. The Morgan fingerprint density at radius 3 is 2.96 bits per heavy atom.